The van der Waals surface area contributed by atoms with E-state index >= 15 is 13.2 Å². The van der Waals surface area contributed by atoms with Gasteiger partial charge in [0, 0.05) is 36.0 Å². The summed E-state index contributed by atoms with van der Waals surface area (Å²) < 4.78 is 44.8. The number of quaternary nitrogens is 1. The Balaban J connectivity index is 1.82. The van der Waals surface area contributed by atoms with Crippen LogP contribution in [0.5, 0.6) is 17.2 Å². The normalized spacial score (nSPS) is 22.5. The third-order valence-electron chi connectivity index (χ3n) is 9.36. The molecule has 2 amide bonds. The molecule has 260 valence electrons. The number of aromatic nitrogens is 1. The van der Waals surface area contributed by atoms with Crippen LogP contribution in [-0.2, 0) is 20.4 Å². The summed E-state index contributed by atoms with van der Waals surface area (Å²) in [4.78, 5) is 35.3. The second-order valence-electron chi connectivity index (χ2n) is 11.7. The molecule has 0 aliphatic carbocycles. The number of sulfonamides is 1. The Morgan fingerprint density at radius 3 is 2.49 bits per heavy atom. The molecule has 2 aliphatic heterocycles. The first-order valence-corrected chi connectivity index (χ1v) is 17.2. The summed E-state index contributed by atoms with van der Waals surface area (Å²) >= 11 is 0. The number of para-hydroxylation sites is 2. The lowest BCUT2D eigenvalue weighted by molar-refractivity contribution is -0.660. The number of benzene rings is 3. The standard InChI is InChI=1S/C36H32N6O8S/c1-4-50-30-14-8-6-12-27(30)36(28-21-40-29-13-7-5-11-26(28)29)34(43)42(35(44)45,51(46,47)32-16-15-25(48-2)18-31(32)49-3)22-24(20-38)41(36)33-23(19-37)10-9-17-39-33/h5-18,24,28,40H,4,21-22H2,1-3H3/p+1. The highest BCUT2D eigenvalue weighted by Crippen LogP contribution is 2.57. The molecule has 3 heterocycles. The molecule has 3 aromatic carbocycles. The lowest BCUT2D eigenvalue weighted by atomic mass is 9.70. The number of nitrogens with one attached hydrogen (secondary N) is 1. The summed E-state index contributed by atoms with van der Waals surface area (Å²) in [5.74, 6) is -2.42. The fraction of sp³-hybridized carbons (Fsp3) is 0.250. The zero-order valence-corrected chi connectivity index (χ0v) is 28.6. The summed E-state index contributed by atoms with van der Waals surface area (Å²) in [6.45, 7) is 0.763. The number of piperazine rings is 1. The number of nitrogens with zero attached hydrogens (tertiary/aromatic N) is 5. The topological polar surface area (TPSA) is 192 Å². The van der Waals surface area contributed by atoms with E-state index in [1.165, 1.54) is 49.6 Å². The van der Waals surface area contributed by atoms with Crippen molar-refractivity contribution in [1.82, 2.24) is 4.98 Å². The number of fused-ring (bicyclic) bond motifs is 1. The maximum atomic E-state index is 16.2. The smallest absolute Gasteiger partial charge is 0.497 e. The molecule has 14 nitrogen and oxygen atoms in total. The van der Waals surface area contributed by atoms with Gasteiger partial charge in [-0.05, 0) is 52.8 Å². The van der Waals surface area contributed by atoms with Gasteiger partial charge < -0.3 is 29.5 Å². The van der Waals surface area contributed by atoms with E-state index < -0.39 is 54.9 Å². The number of carbonyl (C=O) groups is 2. The summed E-state index contributed by atoms with van der Waals surface area (Å²) in [6.07, 6.45) is -0.668. The first-order valence-electron chi connectivity index (χ1n) is 15.8. The third kappa shape index (κ3) is 5.00. The van der Waals surface area contributed by atoms with Crippen LogP contribution >= 0.6 is 0 Å². The van der Waals surface area contributed by atoms with Crippen LogP contribution < -0.4 is 24.4 Å². The van der Waals surface area contributed by atoms with E-state index in [0.717, 1.165) is 6.07 Å². The van der Waals surface area contributed by atoms with Gasteiger partial charge in [0.1, 0.15) is 35.7 Å². The van der Waals surface area contributed by atoms with Crippen molar-refractivity contribution < 1.29 is 41.2 Å². The Hall–Kier alpha value is -6.16. The molecule has 4 aromatic rings. The lowest BCUT2D eigenvalue weighted by Crippen LogP contribution is -2.79. The van der Waals surface area contributed by atoms with Crippen LogP contribution in [-0.4, -0.2) is 74.4 Å². The molecule has 2 N–H and O–H groups in total. The molecular weight excluding hydrogens is 676 g/mol. The molecule has 4 unspecified atom stereocenters. The number of imide groups is 1. The van der Waals surface area contributed by atoms with Gasteiger partial charge in [0.15, 0.2) is 16.5 Å². The van der Waals surface area contributed by atoms with Gasteiger partial charge in [-0.2, -0.15) is 23.7 Å². The van der Waals surface area contributed by atoms with E-state index in [4.69, 9.17) is 14.2 Å². The van der Waals surface area contributed by atoms with Crippen molar-refractivity contribution in [3.63, 3.8) is 0 Å². The number of hydrogen-bond acceptors (Lipinski definition) is 12. The fourth-order valence-electron chi connectivity index (χ4n) is 7.22. The number of nitriles is 2. The van der Waals surface area contributed by atoms with Gasteiger partial charge in [0.2, 0.25) is 0 Å². The minimum absolute atomic E-state index is 0.000435. The van der Waals surface area contributed by atoms with Gasteiger partial charge in [0.25, 0.3) is 0 Å². The van der Waals surface area contributed by atoms with E-state index in [-0.39, 0.29) is 47.3 Å². The zero-order valence-electron chi connectivity index (χ0n) is 27.8. The molecule has 0 saturated carbocycles. The van der Waals surface area contributed by atoms with E-state index in [2.05, 4.69) is 22.4 Å². The van der Waals surface area contributed by atoms with Crippen LogP contribution in [0.2, 0.25) is 0 Å². The number of pyridine rings is 1. The van der Waals surface area contributed by atoms with Crippen molar-refractivity contribution in [3.8, 4) is 29.4 Å². The number of carbonyl (C=O) groups excluding carboxylic acids is 1. The van der Waals surface area contributed by atoms with Crippen molar-refractivity contribution in [2.24, 2.45) is 0 Å². The largest absolute Gasteiger partial charge is 0.537 e. The average molecular weight is 710 g/mol. The van der Waals surface area contributed by atoms with Crippen molar-refractivity contribution in [2.75, 3.05) is 44.1 Å². The van der Waals surface area contributed by atoms with Crippen molar-refractivity contribution in [2.45, 2.75) is 29.3 Å². The van der Waals surface area contributed by atoms with E-state index in [1.54, 1.807) is 55.5 Å². The van der Waals surface area contributed by atoms with Gasteiger partial charge in [-0.1, -0.05) is 36.4 Å². The van der Waals surface area contributed by atoms with Crippen LogP contribution in [0.25, 0.3) is 0 Å². The van der Waals surface area contributed by atoms with Crippen LogP contribution in [0, 0.1) is 22.7 Å². The Morgan fingerprint density at radius 1 is 1.06 bits per heavy atom. The van der Waals surface area contributed by atoms with E-state index in [0.29, 0.717) is 11.3 Å². The van der Waals surface area contributed by atoms with Crippen LogP contribution in [0.3, 0.4) is 0 Å². The first kappa shape index (κ1) is 34.7. The second-order valence-corrected chi connectivity index (χ2v) is 13.7. The van der Waals surface area contributed by atoms with Crippen LogP contribution in [0.4, 0.5) is 16.3 Å². The molecule has 1 saturated heterocycles. The average Bonchev–Trinajstić information content (AvgIpc) is 3.59. The van der Waals surface area contributed by atoms with Crippen LogP contribution in [0.15, 0.2) is 90.0 Å². The van der Waals surface area contributed by atoms with Gasteiger partial charge in [-0.15, -0.1) is 0 Å². The number of amides is 2. The quantitative estimate of drug-likeness (QED) is 0.230. The third-order valence-corrected chi connectivity index (χ3v) is 11.5. The summed E-state index contributed by atoms with van der Waals surface area (Å²) in [7, 11) is -2.77. The predicted molar refractivity (Wildman–Crippen MR) is 183 cm³/mol. The summed E-state index contributed by atoms with van der Waals surface area (Å²) in [5, 5.41) is 35.8. The Kier molecular flexibility index (Phi) is 9.03. The molecule has 0 bridgehead atoms. The number of anilines is 2. The predicted octanol–water partition coefficient (Wildman–Crippen LogP) is 4.60. The molecule has 0 spiro atoms. The summed E-state index contributed by atoms with van der Waals surface area (Å²) in [5.41, 5.74) is -1.17. The lowest BCUT2D eigenvalue weighted by Gasteiger charge is -2.54. The number of methoxy groups -OCH3 is 2. The monoisotopic (exact) mass is 709 g/mol. The molecule has 15 heteroatoms. The second kappa shape index (κ2) is 13.3. The molecule has 4 atom stereocenters. The SMILES string of the molecule is CCOc1ccccc1C1(C2CNc3ccccc32)C(=O)[N+](C(=O)O)(S(=O)(=O)c2ccc(OC)cc2OC)CC(C#N)N1c1ncccc1C#N. The highest BCUT2D eigenvalue weighted by atomic mass is 32.2. The van der Waals surface area contributed by atoms with Gasteiger partial charge >= 0.3 is 22.0 Å². The minimum Gasteiger partial charge on any atom is -0.497 e. The fourth-order valence-corrected chi connectivity index (χ4v) is 9.09. The molecule has 2 aliphatic rings. The van der Waals surface area contributed by atoms with Gasteiger partial charge in [-0.25, -0.2) is 9.78 Å². The minimum atomic E-state index is -5.33. The zero-order chi connectivity index (χ0) is 36.6. The maximum Gasteiger partial charge on any atom is 0.537 e. The number of hydrogen-bond donors (Lipinski definition) is 2. The van der Waals surface area contributed by atoms with Gasteiger partial charge in [0.05, 0.1) is 32.5 Å². The number of ether oxygens (including phenoxy) is 3. The first-order chi connectivity index (χ1) is 24.6. The van der Waals surface area contributed by atoms with E-state index in [9.17, 15) is 20.4 Å². The Morgan fingerprint density at radius 2 is 1.80 bits per heavy atom. The van der Waals surface area contributed by atoms with Gasteiger partial charge in [-0.3, -0.25) is 0 Å². The number of rotatable bonds is 9. The highest BCUT2D eigenvalue weighted by Gasteiger charge is 2.75. The van der Waals surface area contributed by atoms with Crippen LogP contribution in [0.1, 0.15) is 29.5 Å². The van der Waals surface area contributed by atoms with Crippen molar-refractivity contribution in [3.05, 3.63) is 102 Å². The molecule has 1 fully saturated rings. The molecule has 6 rings (SSSR count). The molecule has 0 radical (unpaired) electrons. The molecule has 51 heavy (non-hydrogen) atoms. The molecular formula is C36H33N6O8S+. The van der Waals surface area contributed by atoms with E-state index in [1.807, 2.05) is 0 Å². The Bertz CT molecular complexity index is 2230. The molecule has 1 aromatic heterocycles. The maximum absolute atomic E-state index is 16.2. The van der Waals surface area contributed by atoms with Crippen molar-refractivity contribution in [1.29, 1.82) is 10.5 Å². The Labute approximate surface area is 294 Å². The number of carboxylic acid groups (broad SMARTS) is 1. The highest BCUT2D eigenvalue weighted by molar-refractivity contribution is 7.86. The summed E-state index contributed by atoms with van der Waals surface area (Å²) in [6, 6.07) is 22.5. The van der Waals surface area contributed by atoms with Crippen molar-refractivity contribution >= 4 is 33.5 Å².